The molecule has 0 aromatic carbocycles. The van der Waals surface area contributed by atoms with Crippen LogP contribution in [0, 0.1) is 5.92 Å². The van der Waals surface area contributed by atoms with Gasteiger partial charge in [0.25, 0.3) is 0 Å². The Labute approximate surface area is 104 Å². The predicted octanol–water partition coefficient (Wildman–Crippen LogP) is 1.47. The van der Waals surface area contributed by atoms with E-state index in [1.165, 1.54) is 32.8 Å². The van der Waals surface area contributed by atoms with Crippen LogP contribution < -0.4 is 5.32 Å². The predicted molar refractivity (Wildman–Crippen MR) is 66.7 cm³/mol. The van der Waals surface area contributed by atoms with Crippen LogP contribution in [0.2, 0.25) is 0 Å². The van der Waals surface area contributed by atoms with Gasteiger partial charge in [0.15, 0.2) is 0 Å². The number of rotatable bonds is 7. The fraction of sp³-hybridized carbons (Fsp3) is 0.923. The van der Waals surface area contributed by atoms with Crippen molar-refractivity contribution in [2.24, 2.45) is 5.92 Å². The SMILES string of the molecule is COCC(C)(O)CNC(=O)CCC1CCCC1. The second-order valence-electron chi connectivity index (χ2n) is 5.40. The minimum atomic E-state index is -0.974. The van der Waals surface area contributed by atoms with Crippen LogP contribution in [0.3, 0.4) is 0 Å². The van der Waals surface area contributed by atoms with E-state index in [-0.39, 0.29) is 19.1 Å². The van der Waals surface area contributed by atoms with Crippen LogP contribution in [0.4, 0.5) is 0 Å². The maximum absolute atomic E-state index is 11.6. The van der Waals surface area contributed by atoms with Crippen LogP contribution in [0.15, 0.2) is 0 Å². The highest BCUT2D eigenvalue weighted by Crippen LogP contribution is 2.28. The Balaban J connectivity index is 2.11. The van der Waals surface area contributed by atoms with Gasteiger partial charge in [0, 0.05) is 20.1 Å². The molecule has 0 radical (unpaired) electrons. The van der Waals surface area contributed by atoms with Crippen molar-refractivity contribution in [2.75, 3.05) is 20.3 Å². The Bertz CT molecular complexity index is 235. The van der Waals surface area contributed by atoms with E-state index < -0.39 is 5.60 Å². The Morgan fingerprint density at radius 3 is 2.71 bits per heavy atom. The monoisotopic (exact) mass is 243 g/mol. The summed E-state index contributed by atoms with van der Waals surface area (Å²) in [6.45, 7) is 2.15. The molecule has 1 aliphatic carbocycles. The van der Waals surface area contributed by atoms with Crippen LogP contribution in [-0.4, -0.2) is 36.9 Å². The first kappa shape index (κ1) is 14.5. The standard InChI is InChI=1S/C13H25NO3/c1-13(16,10-17-2)9-14-12(15)8-7-11-5-3-4-6-11/h11,16H,3-10H2,1-2H3,(H,14,15). The van der Waals surface area contributed by atoms with E-state index in [9.17, 15) is 9.90 Å². The molecule has 1 amide bonds. The summed E-state index contributed by atoms with van der Waals surface area (Å²) >= 11 is 0. The van der Waals surface area contributed by atoms with E-state index in [0.29, 0.717) is 6.42 Å². The van der Waals surface area contributed by atoms with Gasteiger partial charge in [-0.1, -0.05) is 25.7 Å². The lowest BCUT2D eigenvalue weighted by Crippen LogP contribution is -2.43. The number of hydrogen-bond donors (Lipinski definition) is 2. The molecule has 1 atom stereocenters. The molecular weight excluding hydrogens is 218 g/mol. The van der Waals surface area contributed by atoms with Gasteiger partial charge in [-0.05, 0) is 19.3 Å². The zero-order chi connectivity index (χ0) is 12.7. The van der Waals surface area contributed by atoms with Crippen LogP contribution in [0.5, 0.6) is 0 Å². The molecule has 0 heterocycles. The maximum Gasteiger partial charge on any atom is 0.220 e. The molecule has 0 aromatic heterocycles. The average Bonchev–Trinajstić information content (AvgIpc) is 2.76. The lowest BCUT2D eigenvalue weighted by Gasteiger charge is -2.22. The minimum absolute atomic E-state index is 0.0354. The van der Waals surface area contributed by atoms with Crippen LogP contribution in [0.1, 0.15) is 45.4 Å². The molecule has 4 nitrogen and oxygen atoms in total. The van der Waals surface area contributed by atoms with Gasteiger partial charge >= 0.3 is 0 Å². The first-order chi connectivity index (χ1) is 8.03. The number of nitrogens with one attached hydrogen (secondary N) is 1. The molecule has 17 heavy (non-hydrogen) atoms. The molecule has 0 saturated heterocycles. The van der Waals surface area contributed by atoms with E-state index in [1.54, 1.807) is 6.92 Å². The number of methoxy groups -OCH3 is 1. The molecule has 1 rings (SSSR count). The molecule has 1 aliphatic rings. The number of carbonyl (C=O) groups is 1. The second-order valence-corrected chi connectivity index (χ2v) is 5.40. The fourth-order valence-electron chi connectivity index (χ4n) is 2.37. The molecule has 0 aromatic rings. The number of aliphatic hydroxyl groups is 1. The first-order valence-electron chi connectivity index (χ1n) is 6.51. The average molecular weight is 243 g/mol. The molecule has 0 bridgehead atoms. The zero-order valence-electron chi connectivity index (χ0n) is 11.0. The second kappa shape index (κ2) is 6.97. The smallest absolute Gasteiger partial charge is 0.220 e. The third-order valence-corrected chi connectivity index (χ3v) is 3.38. The lowest BCUT2D eigenvalue weighted by atomic mass is 10.0. The molecule has 2 N–H and O–H groups in total. The summed E-state index contributed by atoms with van der Waals surface area (Å²) in [5.41, 5.74) is -0.974. The largest absolute Gasteiger partial charge is 0.386 e. The number of hydrogen-bond acceptors (Lipinski definition) is 3. The molecular formula is C13H25NO3. The third kappa shape index (κ3) is 6.03. The van der Waals surface area contributed by atoms with E-state index in [4.69, 9.17) is 4.74 Å². The summed E-state index contributed by atoms with van der Waals surface area (Å²) in [4.78, 5) is 11.6. The van der Waals surface area contributed by atoms with Crippen molar-refractivity contribution in [3.8, 4) is 0 Å². The van der Waals surface area contributed by atoms with E-state index in [1.807, 2.05) is 0 Å². The molecule has 4 heteroatoms. The lowest BCUT2D eigenvalue weighted by molar-refractivity contribution is -0.123. The summed E-state index contributed by atoms with van der Waals surface area (Å²) < 4.78 is 4.88. The van der Waals surface area contributed by atoms with Crippen molar-refractivity contribution in [2.45, 2.75) is 51.0 Å². The quantitative estimate of drug-likeness (QED) is 0.712. The molecule has 1 unspecified atom stereocenters. The van der Waals surface area contributed by atoms with Gasteiger partial charge in [-0.3, -0.25) is 4.79 Å². The molecule has 100 valence electrons. The summed E-state index contributed by atoms with van der Waals surface area (Å²) in [6.07, 6.45) is 6.74. The Kier molecular flexibility index (Phi) is 5.92. The highest BCUT2D eigenvalue weighted by molar-refractivity contribution is 5.75. The van der Waals surface area contributed by atoms with Gasteiger partial charge in [-0.15, -0.1) is 0 Å². The van der Waals surface area contributed by atoms with Crippen LogP contribution in [0.25, 0.3) is 0 Å². The Morgan fingerprint density at radius 1 is 1.47 bits per heavy atom. The number of amides is 1. The number of ether oxygens (including phenoxy) is 1. The van der Waals surface area contributed by atoms with Gasteiger partial charge in [0.2, 0.25) is 5.91 Å². The van der Waals surface area contributed by atoms with Gasteiger partial charge in [-0.25, -0.2) is 0 Å². The molecule has 1 fully saturated rings. The summed E-state index contributed by atoms with van der Waals surface area (Å²) in [5.74, 6) is 0.772. The summed E-state index contributed by atoms with van der Waals surface area (Å²) in [7, 11) is 1.54. The van der Waals surface area contributed by atoms with Crippen molar-refractivity contribution < 1.29 is 14.6 Å². The van der Waals surface area contributed by atoms with Crippen molar-refractivity contribution in [1.82, 2.24) is 5.32 Å². The normalized spacial score (nSPS) is 20.2. The first-order valence-corrected chi connectivity index (χ1v) is 6.51. The topological polar surface area (TPSA) is 58.6 Å². The van der Waals surface area contributed by atoms with Gasteiger partial charge in [0.1, 0.15) is 5.60 Å². The van der Waals surface area contributed by atoms with Crippen molar-refractivity contribution in [3.05, 3.63) is 0 Å². The Morgan fingerprint density at radius 2 is 2.12 bits per heavy atom. The van der Waals surface area contributed by atoms with Crippen molar-refractivity contribution >= 4 is 5.91 Å². The summed E-state index contributed by atoms with van der Waals surface area (Å²) in [5, 5.41) is 12.6. The third-order valence-electron chi connectivity index (χ3n) is 3.38. The van der Waals surface area contributed by atoms with E-state index in [0.717, 1.165) is 12.3 Å². The number of carbonyl (C=O) groups excluding carboxylic acids is 1. The zero-order valence-corrected chi connectivity index (χ0v) is 11.0. The van der Waals surface area contributed by atoms with E-state index >= 15 is 0 Å². The fourth-order valence-corrected chi connectivity index (χ4v) is 2.37. The van der Waals surface area contributed by atoms with E-state index in [2.05, 4.69) is 5.32 Å². The minimum Gasteiger partial charge on any atom is -0.386 e. The highest BCUT2D eigenvalue weighted by atomic mass is 16.5. The Hall–Kier alpha value is -0.610. The molecule has 0 aliphatic heterocycles. The van der Waals surface area contributed by atoms with Crippen molar-refractivity contribution in [3.63, 3.8) is 0 Å². The summed E-state index contributed by atoms with van der Waals surface area (Å²) in [6, 6.07) is 0. The van der Waals surface area contributed by atoms with Crippen molar-refractivity contribution in [1.29, 1.82) is 0 Å². The van der Waals surface area contributed by atoms with Gasteiger partial charge in [-0.2, -0.15) is 0 Å². The highest BCUT2D eigenvalue weighted by Gasteiger charge is 2.21. The van der Waals surface area contributed by atoms with Crippen LogP contribution >= 0.6 is 0 Å². The van der Waals surface area contributed by atoms with Gasteiger partial charge in [0.05, 0.1) is 6.61 Å². The van der Waals surface area contributed by atoms with Gasteiger partial charge < -0.3 is 15.2 Å². The molecule has 0 spiro atoms. The molecule has 1 saturated carbocycles. The maximum atomic E-state index is 11.6. The van der Waals surface area contributed by atoms with Crippen LogP contribution in [-0.2, 0) is 9.53 Å².